The number of hydrogen-bond acceptors (Lipinski definition) is 5. The van der Waals surface area contributed by atoms with Crippen LogP contribution in [0.1, 0.15) is 26.2 Å². The van der Waals surface area contributed by atoms with Crippen molar-refractivity contribution in [3.05, 3.63) is 10.4 Å². The van der Waals surface area contributed by atoms with E-state index in [0.717, 1.165) is 25.0 Å². The van der Waals surface area contributed by atoms with Gasteiger partial charge in [-0.15, -0.1) is 0 Å². The molecule has 2 heterocycles. The lowest BCUT2D eigenvalue weighted by atomic mass is 9.97. The van der Waals surface area contributed by atoms with Gasteiger partial charge < -0.3 is 11.1 Å². The quantitative estimate of drug-likeness (QED) is 0.601. The van der Waals surface area contributed by atoms with Crippen LogP contribution >= 0.6 is 0 Å². The lowest BCUT2D eigenvalue weighted by Crippen LogP contribution is -2.42. The fraction of sp³-hybridized carbons (Fsp3) is 0.500. The first-order valence-corrected chi connectivity index (χ1v) is 5.34. The summed E-state index contributed by atoms with van der Waals surface area (Å²) in [5, 5.41) is 3.28. The molecule has 3 rings (SSSR count). The summed E-state index contributed by atoms with van der Waals surface area (Å²) in [6.45, 7) is 2.08. The first kappa shape index (κ1) is 9.38. The smallest absolute Gasteiger partial charge is 0.280 e. The van der Waals surface area contributed by atoms with Gasteiger partial charge in [-0.25, -0.2) is 4.99 Å². The average Bonchev–Trinajstić information content (AvgIpc) is 2.55. The third-order valence-corrected chi connectivity index (χ3v) is 3.28. The van der Waals surface area contributed by atoms with Gasteiger partial charge in [0.1, 0.15) is 0 Å². The highest BCUT2D eigenvalue weighted by atomic mass is 16.1. The van der Waals surface area contributed by atoms with Gasteiger partial charge in [-0.1, -0.05) is 0 Å². The molecular weight excluding hydrogens is 206 g/mol. The fourth-order valence-electron chi connectivity index (χ4n) is 2.42. The Labute approximate surface area is 92.0 Å². The zero-order valence-corrected chi connectivity index (χ0v) is 9.00. The van der Waals surface area contributed by atoms with Crippen LogP contribution in [0.5, 0.6) is 0 Å². The van der Waals surface area contributed by atoms with Crippen LogP contribution in [0.3, 0.4) is 0 Å². The minimum Gasteiger partial charge on any atom is -0.369 e. The minimum atomic E-state index is -0.281. The molecule has 16 heavy (non-hydrogen) atoms. The fourth-order valence-corrected chi connectivity index (χ4v) is 2.42. The lowest BCUT2D eigenvalue weighted by molar-refractivity contribution is 0.644. The summed E-state index contributed by atoms with van der Waals surface area (Å²) in [6.07, 6.45) is 3.04. The van der Waals surface area contributed by atoms with Crippen molar-refractivity contribution in [2.24, 2.45) is 4.99 Å². The van der Waals surface area contributed by atoms with Crippen LogP contribution in [0.15, 0.2) is 9.79 Å². The summed E-state index contributed by atoms with van der Waals surface area (Å²) in [7, 11) is 0. The molecule has 1 fully saturated rings. The molecule has 6 heteroatoms. The van der Waals surface area contributed by atoms with Gasteiger partial charge in [-0.05, 0) is 26.2 Å². The third kappa shape index (κ3) is 1.16. The zero-order chi connectivity index (χ0) is 11.3. The Morgan fingerprint density at radius 2 is 2.31 bits per heavy atom. The van der Waals surface area contributed by atoms with E-state index in [0.29, 0.717) is 11.5 Å². The van der Waals surface area contributed by atoms with E-state index in [1.54, 1.807) is 0 Å². The summed E-state index contributed by atoms with van der Waals surface area (Å²) in [4.78, 5) is 22.6. The number of anilines is 2. The number of aliphatic imine (C=N–C) groups is 1. The number of rotatable bonds is 0. The Balaban J connectivity index is 2.22. The van der Waals surface area contributed by atoms with Crippen LogP contribution in [-0.4, -0.2) is 21.2 Å². The highest BCUT2D eigenvalue weighted by molar-refractivity contribution is 6.02. The maximum atomic E-state index is 11.7. The Morgan fingerprint density at radius 3 is 3.12 bits per heavy atom. The van der Waals surface area contributed by atoms with Gasteiger partial charge in [0.25, 0.3) is 5.56 Å². The van der Waals surface area contributed by atoms with Crippen LogP contribution in [0.25, 0.3) is 0 Å². The summed E-state index contributed by atoms with van der Waals surface area (Å²) >= 11 is 0. The molecule has 1 atom stereocenters. The van der Waals surface area contributed by atoms with Crippen LogP contribution in [0.2, 0.25) is 0 Å². The van der Waals surface area contributed by atoms with E-state index >= 15 is 0 Å². The number of nitrogens with one attached hydrogen (secondary N) is 2. The molecule has 0 radical (unpaired) electrons. The number of hydrogen-bond donors (Lipinski definition) is 3. The average molecular weight is 219 g/mol. The van der Waals surface area contributed by atoms with E-state index in [2.05, 4.69) is 27.2 Å². The highest BCUT2D eigenvalue weighted by Gasteiger charge is 2.39. The van der Waals surface area contributed by atoms with Crippen molar-refractivity contribution in [3.8, 4) is 0 Å². The number of H-pyrrole nitrogens is 1. The first-order chi connectivity index (χ1) is 7.58. The van der Waals surface area contributed by atoms with Gasteiger partial charge in [0.05, 0.1) is 5.54 Å². The van der Waals surface area contributed by atoms with Gasteiger partial charge >= 0.3 is 0 Å². The normalized spacial score (nSPS) is 26.7. The summed E-state index contributed by atoms with van der Waals surface area (Å²) in [6, 6.07) is 0. The lowest BCUT2D eigenvalue weighted by Gasteiger charge is -2.31. The van der Waals surface area contributed by atoms with Gasteiger partial charge in [-0.3, -0.25) is 9.78 Å². The predicted octanol–water partition coefficient (Wildman–Crippen LogP) is 0.793. The number of fused-ring (bicyclic) bond motifs is 2. The van der Waals surface area contributed by atoms with Crippen molar-refractivity contribution >= 4 is 23.2 Å². The molecule has 1 aliphatic carbocycles. The molecule has 0 spiro atoms. The number of aromatic amines is 1. The number of aromatic nitrogens is 2. The van der Waals surface area contributed by atoms with Crippen molar-refractivity contribution in [2.75, 3.05) is 11.1 Å². The maximum absolute atomic E-state index is 11.7. The Morgan fingerprint density at radius 1 is 1.50 bits per heavy atom. The minimum absolute atomic E-state index is 0.122. The molecule has 1 aliphatic heterocycles. The van der Waals surface area contributed by atoms with Gasteiger partial charge in [0, 0.05) is 5.71 Å². The molecule has 84 valence electrons. The number of nitrogen functional groups attached to an aromatic ring is 1. The van der Waals surface area contributed by atoms with Crippen molar-refractivity contribution in [2.45, 2.75) is 31.7 Å². The Bertz CT molecular complexity index is 547. The molecule has 0 saturated heterocycles. The van der Waals surface area contributed by atoms with E-state index in [1.807, 2.05) is 0 Å². The molecule has 0 amide bonds. The van der Waals surface area contributed by atoms with Crippen molar-refractivity contribution in [1.29, 1.82) is 0 Å². The molecule has 1 aromatic heterocycles. The Kier molecular flexibility index (Phi) is 1.66. The summed E-state index contributed by atoms with van der Waals surface area (Å²) < 4.78 is 0. The zero-order valence-electron chi connectivity index (χ0n) is 9.00. The second-order valence-corrected chi connectivity index (χ2v) is 4.52. The second kappa shape index (κ2) is 2.84. The first-order valence-electron chi connectivity index (χ1n) is 5.34. The SMILES string of the molecule is CC12CCCC1=Nc1c(nc(N)[nH]c1=O)N2. The number of nitrogens with zero attached hydrogens (tertiary/aromatic N) is 2. The molecule has 0 aromatic carbocycles. The number of nitrogens with two attached hydrogens (primary N) is 1. The molecule has 1 saturated carbocycles. The van der Waals surface area contributed by atoms with E-state index < -0.39 is 0 Å². The van der Waals surface area contributed by atoms with Crippen molar-refractivity contribution < 1.29 is 0 Å². The predicted molar refractivity (Wildman–Crippen MR) is 62.2 cm³/mol. The van der Waals surface area contributed by atoms with Gasteiger partial charge in [0.2, 0.25) is 5.95 Å². The molecule has 0 bridgehead atoms. The molecule has 1 aromatic rings. The maximum Gasteiger partial charge on any atom is 0.280 e. The van der Waals surface area contributed by atoms with Crippen LogP contribution in [-0.2, 0) is 0 Å². The van der Waals surface area contributed by atoms with Crippen LogP contribution in [0.4, 0.5) is 17.5 Å². The van der Waals surface area contributed by atoms with Gasteiger partial charge in [-0.2, -0.15) is 4.98 Å². The van der Waals surface area contributed by atoms with Crippen LogP contribution < -0.4 is 16.6 Å². The molecule has 2 aliphatic rings. The topological polar surface area (TPSA) is 96.2 Å². The molecule has 6 nitrogen and oxygen atoms in total. The summed E-state index contributed by atoms with van der Waals surface area (Å²) in [5.41, 5.74) is 6.46. The van der Waals surface area contributed by atoms with E-state index in [1.165, 1.54) is 0 Å². The second-order valence-electron chi connectivity index (χ2n) is 4.52. The van der Waals surface area contributed by atoms with Crippen LogP contribution in [0, 0.1) is 0 Å². The largest absolute Gasteiger partial charge is 0.369 e. The standard InChI is InChI=1S/C10H13N5O/c1-10-4-2-3-5(10)12-6-7(15-10)13-9(11)14-8(6)16/h2-4H2,1H3,(H4,11,13,14,15,16). The molecule has 4 N–H and O–H groups in total. The van der Waals surface area contributed by atoms with E-state index in [9.17, 15) is 4.79 Å². The third-order valence-electron chi connectivity index (χ3n) is 3.28. The highest BCUT2D eigenvalue weighted by Crippen LogP contribution is 2.37. The van der Waals surface area contributed by atoms with E-state index in [4.69, 9.17) is 5.73 Å². The summed E-state index contributed by atoms with van der Waals surface area (Å²) in [5.74, 6) is 0.617. The van der Waals surface area contributed by atoms with Crippen molar-refractivity contribution in [3.63, 3.8) is 0 Å². The molecule has 1 unspecified atom stereocenters. The van der Waals surface area contributed by atoms with E-state index in [-0.39, 0.29) is 17.0 Å². The van der Waals surface area contributed by atoms with Gasteiger partial charge in [0.15, 0.2) is 11.5 Å². The monoisotopic (exact) mass is 219 g/mol. The molecular formula is C10H13N5O. The Hall–Kier alpha value is -1.85. The van der Waals surface area contributed by atoms with Crippen molar-refractivity contribution in [1.82, 2.24) is 9.97 Å².